The van der Waals surface area contributed by atoms with E-state index in [0.717, 1.165) is 0 Å². The van der Waals surface area contributed by atoms with Gasteiger partial charge in [-0.1, -0.05) is 11.6 Å². The molecule has 0 atom stereocenters. The Bertz CT molecular complexity index is 736. The summed E-state index contributed by atoms with van der Waals surface area (Å²) < 4.78 is 12.7. The van der Waals surface area contributed by atoms with Crippen LogP contribution < -0.4 is 17.2 Å². The smallest absolute Gasteiger partial charge is 0.186 e. The molecule has 26 heavy (non-hydrogen) atoms. The molecule has 2 rings (SSSR count). The molecule has 9 heteroatoms. The maximum Gasteiger partial charge on any atom is 0.186 e. The number of amidine groups is 1. The van der Waals surface area contributed by atoms with Crippen LogP contribution in [0.2, 0.25) is 5.02 Å². The Morgan fingerprint density at radius 1 is 0.962 bits per heavy atom. The third-order valence-corrected chi connectivity index (χ3v) is 3.25. The number of nitrogens with zero attached hydrogens (tertiary/aromatic N) is 2. The second kappa shape index (κ2) is 10.1. The number of benzene rings is 2. The number of hydrogen-bond acceptors (Lipinski definition) is 4. The minimum absolute atomic E-state index is 0.0145. The van der Waals surface area contributed by atoms with Gasteiger partial charge in [0.1, 0.15) is 17.3 Å². The zero-order valence-corrected chi connectivity index (χ0v) is 14.9. The lowest BCUT2D eigenvalue weighted by Gasteiger charge is -2.01. The summed E-state index contributed by atoms with van der Waals surface area (Å²) in [6, 6.07) is 8.44. The number of guanidine groups is 1. The lowest BCUT2D eigenvalue weighted by molar-refractivity contribution is 0.465. The summed E-state index contributed by atoms with van der Waals surface area (Å²) in [5, 5.41) is 19.1. The van der Waals surface area contributed by atoms with Crippen LogP contribution in [0.5, 0.6) is 11.5 Å². The SMILES string of the molecule is CC(N)=NCc1cc(F)ccc1O.NC(N)=NCc1cc(Cl)ccc1O. The van der Waals surface area contributed by atoms with Gasteiger partial charge in [-0.15, -0.1) is 0 Å². The number of aliphatic imine (C=N–C) groups is 2. The summed E-state index contributed by atoms with van der Waals surface area (Å²) in [5.74, 6) is 0.168. The molecule has 2 aromatic rings. The third kappa shape index (κ3) is 7.71. The Kier molecular flexibility index (Phi) is 8.17. The summed E-state index contributed by atoms with van der Waals surface area (Å²) in [5.41, 5.74) is 16.6. The van der Waals surface area contributed by atoms with E-state index >= 15 is 0 Å². The standard InChI is InChI=1S/C9H11FN2O.C8H10ClN3O/c1-6(11)12-5-7-4-8(10)2-3-9(7)13;9-6-1-2-7(13)5(3-6)4-12-8(10)11/h2-4,13H,5H2,1H3,(H2,11,12);1-3,13H,4H2,(H4,10,11,12). The molecule has 0 bridgehead atoms. The van der Waals surface area contributed by atoms with Crippen molar-refractivity contribution in [2.24, 2.45) is 27.2 Å². The Balaban J connectivity index is 0.000000260. The van der Waals surface area contributed by atoms with E-state index in [4.69, 9.17) is 28.8 Å². The lowest BCUT2D eigenvalue weighted by atomic mass is 10.2. The average molecular weight is 382 g/mol. The quantitative estimate of drug-likeness (QED) is 0.407. The summed E-state index contributed by atoms with van der Waals surface area (Å²) in [6.07, 6.45) is 0. The van der Waals surface area contributed by atoms with E-state index in [1.54, 1.807) is 19.1 Å². The van der Waals surface area contributed by atoms with Crippen LogP contribution >= 0.6 is 11.6 Å². The molecule has 0 aliphatic rings. The van der Waals surface area contributed by atoms with Crippen molar-refractivity contribution in [3.63, 3.8) is 0 Å². The first-order chi connectivity index (χ1) is 12.2. The molecule has 0 aliphatic carbocycles. The summed E-state index contributed by atoms with van der Waals surface area (Å²) >= 11 is 5.71. The van der Waals surface area contributed by atoms with Crippen molar-refractivity contribution >= 4 is 23.4 Å². The van der Waals surface area contributed by atoms with Crippen molar-refractivity contribution in [1.29, 1.82) is 0 Å². The highest BCUT2D eigenvalue weighted by molar-refractivity contribution is 6.30. The lowest BCUT2D eigenvalue weighted by Crippen LogP contribution is -2.22. The van der Waals surface area contributed by atoms with Gasteiger partial charge in [-0.2, -0.15) is 0 Å². The zero-order valence-electron chi connectivity index (χ0n) is 14.2. The first-order valence-electron chi connectivity index (χ1n) is 7.45. The summed E-state index contributed by atoms with van der Waals surface area (Å²) in [4.78, 5) is 7.61. The number of hydrogen-bond donors (Lipinski definition) is 5. The van der Waals surface area contributed by atoms with Crippen LogP contribution in [-0.2, 0) is 13.1 Å². The van der Waals surface area contributed by atoms with Crippen LogP contribution in [0.15, 0.2) is 46.4 Å². The first-order valence-corrected chi connectivity index (χ1v) is 7.83. The van der Waals surface area contributed by atoms with Gasteiger partial charge in [0.2, 0.25) is 0 Å². The molecule has 0 heterocycles. The molecule has 8 N–H and O–H groups in total. The van der Waals surface area contributed by atoms with Crippen molar-refractivity contribution in [2.75, 3.05) is 0 Å². The minimum Gasteiger partial charge on any atom is -0.508 e. The average Bonchev–Trinajstić information content (AvgIpc) is 2.57. The molecule has 0 amide bonds. The van der Waals surface area contributed by atoms with E-state index in [2.05, 4.69) is 9.98 Å². The molecule has 0 spiro atoms. The molecule has 2 aromatic carbocycles. The van der Waals surface area contributed by atoms with E-state index < -0.39 is 5.82 Å². The van der Waals surface area contributed by atoms with E-state index in [1.807, 2.05) is 0 Å². The van der Waals surface area contributed by atoms with Crippen LogP contribution in [0.1, 0.15) is 18.1 Å². The summed E-state index contributed by atoms with van der Waals surface area (Å²) in [6.45, 7) is 2.07. The molecule has 0 saturated carbocycles. The predicted octanol–water partition coefficient (Wildman–Crippen LogP) is 2.23. The number of phenolic OH excluding ortho intramolecular Hbond substituents is 2. The first kappa shape index (κ1) is 21.0. The normalized spacial score (nSPS) is 10.7. The molecular weight excluding hydrogens is 361 g/mol. The van der Waals surface area contributed by atoms with Crippen molar-refractivity contribution in [1.82, 2.24) is 0 Å². The zero-order chi connectivity index (χ0) is 19.7. The van der Waals surface area contributed by atoms with Crippen LogP contribution in [0, 0.1) is 5.82 Å². The van der Waals surface area contributed by atoms with E-state index in [9.17, 15) is 14.6 Å². The second-order valence-electron chi connectivity index (χ2n) is 5.24. The molecule has 140 valence electrons. The fourth-order valence-corrected chi connectivity index (χ4v) is 1.94. The van der Waals surface area contributed by atoms with Crippen LogP contribution in [0.3, 0.4) is 0 Å². The Morgan fingerprint density at radius 3 is 2.08 bits per heavy atom. The van der Waals surface area contributed by atoms with E-state index in [0.29, 0.717) is 22.0 Å². The van der Waals surface area contributed by atoms with Crippen molar-refractivity contribution in [3.05, 3.63) is 58.4 Å². The molecule has 0 aromatic heterocycles. The Hall–Kier alpha value is -3.00. The molecule has 0 fully saturated rings. The van der Waals surface area contributed by atoms with Gasteiger partial charge in [-0.05, 0) is 43.3 Å². The fourth-order valence-electron chi connectivity index (χ4n) is 1.75. The van der Waals surface area contributed by atoms with Gasteiger partial charge in [-0.25, -0.2) is 9.38 Å². The molecule has 0 unspecified atom stereocenters. The van der Waals surface area contributed by atoms with Gasteiger partial charge >= 0.3 is 0 Å². The van der Waals surface area contributed by atoms with Gasteiger partial charge in [0, 0.05) is 16.1 Å². The number of rotatable bonds is 4. The highest BCUT2D eigenvalue weighted by atomic mass is 35.5. The van der Waals surface area contributed by atoms with Crippen LogP contribution in [-0.4, -0.2) is 22.0 Å². The van der Waals surface area contributed by atoms with Crippen molar-refractivity contribution < 1.29 is 14.6 Å². The van der Waals surface area contributed by atoms with Crippen molar-refractivity contribution in [3.8, 4) is 11.5 Å². The van der Waals surface area contributed by atoms with Gasteiger partial charge in [0.05, 0.1) is 18.9 Å². The predicted molar refractivity (Wildman–Crippen MR) is 102 cm³/mol. The largest absolute Gasteiger partial charge is 0.508 e. The minimum atomic E-state index is -0.391. The van der Waals surface area contributed by atoms with Crippen molar-refractivity contribution in [2.45, 2.75) is 20.0 Å². The van der Waals surface area contributed by atoms with Gasteiger partial charge in [0.25, 0.3) is 0 Å². The second-order valence-corrected chi connectivity index (χ2v) is 5.68. The fraction of sp³-hybridized carbons (Fsp3) is 0.176. The number of halogens is 2. The highest BCUT2D eigenvalue weighted by Gasteiger charge is 2.01. The molecule has 7 nitrogen and oxygen atoms in total. The van der Waals surface area contributed by atoms with E-state index in [1.165, 1.54) is 24.3 Å². The monoisotopic (exact) mass is 381 g/mol. The Morgan fingerprint density at radius 2 is 1.50 bits per heavy atom. The van der Waals surface area contributed by atoms with Gasteiger partial charge < -0.3 is 27.4 Å². The maximum atomic E-state index is 12.7. The van der Waals surface area contributed by atoms with Crippen LogP contribution in [0.25, 0.3) is 0 Å². The van der Waals surface area contributed by atoms with Gasteiger partial charge in [-0.3, -0.25) is 4.99 Å². The van der Waals surface area contributed by atoms with Crippen LogP contribution in [0.4, 0.5) is 4.39 Å². The number of phenols is 2. The molecule has 0 radical (unpaired) electrons. The van der Waals surface area contributed by atoms with Gasteiger partial charge in [0.15, 0.2) is 5.96 Å². The molecule has 0 saturated heterocycles. The number of aromatic hydroxyl groups is 2. The topological polar surface area (TPSA) is 143 Å². The number of nitrogens with two attached hydrogens (primary N) is 3. The third-order valence-electron chi connectivity index (χ3n) is 3.01. The Labute approximate surface area is 155 Å². The van der Waals surface area contributed by atoms with E-state index in [-0.39, 0.29) is 30.5 Å². The maximum absolute atomic E-state index is 12.7. The molecule has 0 aliphatic heterocycles. The summed E-state index contributed by atoms with van der Waals surface area (Å²) in [7, 11) is 0. The highest BCUT2D eigenvalue weighted by Crippen LogP contribution is 2.22. The molecular formula is C17H21ClFN5O2.